The molecular formula is C64H42. The number of hydrogen-bond donors (Lipinski definition) is 0. The third-order valence-corrected chi connectivity index (χ3v) is 15.3. The Bertz CT molecular complexity index is 3760. The lowest BCUT2D eigenvalue weighted by molar-refractivity contribution is 0.660. The molecule has 0 unspecified atom stereocenters. The zero-order valence-corrected chi connectivity index (χ0v) is 35.8. The molecule has 1 spiro atoms. The van der Waals surface area contributed by atoms with Crippen molar-refractivity contribution in [3.05, 3.63) is 252 Å². The Morgan fingerprint density at radius 1 is 0.250 bits per heavy atom. The third-order valence-electron chi connectivity index (χ3n) is 15.3. The van der Waals surface area contributed by atoms with Crippen LogP contribution in [0.1, 0.15) is 47.2 Å². The molecule has 0 aromatic heterocycles. The fourth-order valence-electron chi connectivity index (χ4n) is 12.5. The number of benzene rings is 11. The van der Waals surface area contributed by atoms with Gasteiger partial charge in [0.25, 0.3) is 0 Å². The summed E-state index contributed by atoms with van der Waals surface area (Å²) in [6.45, 7) is 4.74. The zero-order chi connectivity index (χ0) is 42.3. The molecule has 0 amide bonds. The molecule has 0 atom stereocenters. The molecule has 14 rings (SSSR count). The molecule has 0 fully saturated rings. The van der Waals surface area contributed by atoms with E-state index >= 15 is 0 Å². The number of rotatable bonds is 3. The summed E-state index contributed by atoms with van der Waals surface area (Å²) in [6.07, 6.45) is 0. The average molecular weight is 811 g/mol. The van der Waals surface area contributed by atoms with Gasteiger partial charge in [-0.1, -0.05) is 208 Å². The Balaban J connectivity index is 1.07. The first kappa shape index (κ1) is 35.8. The van der Waals surface area contributed by atoms with Crippen LogP contribution in [0.25, 0.3) is 99.1 Å². The zero-order valence-electron chi connectivity index (χ0n) is 35.8. The summed E-state index contributed by atoms with van der Waals surface area (Å²) in [4.78, 5) is 0. The van der Waals surface area contributed by atoms with E-state index in [1.54, 1.807) is 0 Å². The second kappa shape index (κ2) is 12.9. The SMILES string of the molecule is CC1(C)c2ccccc2-c2cc(-c3c4ccccc4c(-c4ccc5c(c4)C4(c6ccccc6-c6ccccc64)c4ccccc4-5)c4ccc(-c5ccc6ccccc6c5)cc34)ccc21. The van der Waals surface area contributed by atoms with Gasteiger partial charge in [0, 0.05) is 5.41 Å². The van der Waals surface area contributed by atoms with Crippen LogP contribution in [0.4, 0.5) is 0 Å². The maximum absolute atomic E-state index is 2.56. The van der Waals surface area contributed by atoms with Gasteiger partial charge in [0.2, 0.25) is 0 Å². The standard InChI is InChI=1S/C64H42/c1-63(2)55-23-11-7-20-48(55)53-37-43(31-34-56(53)63)62-51-22-6-5-21-50(51)61(52-33-29-42(36-54(52)62)41-28-27-39-15-3-4-16-40(39)35-41)44-30-32-49-47-19-10-14-26-59(47)64(60(49)38-44)57-24-12-8-17-45(57)46-18-9-13-25-58(46)64/h3-38H,1-2H3. The van der Waals surface area contributed by atoms with Crippen molar-refractivity contribution < 1.29 is 0 Å². The smallest absolute Gasteiger partial charge is 0.0619 e. The van der Waals surface area contributed by atoms with Gasteiger partial charge in [0.15, 0.2) is 0 Å². The van der Waals surface area contributed by atoms with Gasteiger partial charge < -0.3 is 0 Å². The van der Waals surface area contributed by atoms with E-state index in [4.69, 9.17) is 0 Å². The Kier molecular flexibility index (Phi) is 7.20. The van der Waals surface area contributed by atoms with Gasteiger partial charge in [-0.3, -0.25) is 0 Å². The highest BCUT2D eigenvalue weighted by Gasteiger charge is 2.51. The minimum absolute atomic E-state index is 0.0629. The minimum Gasteiger partial charge on any atom is -0.0619 e. The molecule has 0 saturated heterocycles. The highest BCUT2D eigenvalue weighted by Crippen LogP contribution is 2.63. The number of fused-ring (bicyclic) bond motifs is 16. The fourth-order valence-corrected chi connectivity index (χ4v) is 12.5. The van der Waals surface area contributed by atoms with E-state index in [0.717, 1.165) is 0 Å². The van der Waals surface area contributed by atoms with E-state index in [-0.39, 0.29) is 5.41 Å². The molecule has 298 valence electrons. The van der Waals surface area contributed by atoms with E-state index in [1.165, 1.54) is 132 Å². The molecule has 0 nitrogen and oxygen atoms in total. The molecule has 0 radical (unpaired) electrons. The summed E-state index contributed by atoms with van der Waals surface area (Å²) in [5, 5.41) is 7.56. The van der Waals surface area contributed by atoms with Crippen molar-refractivity contribution in [2.24, 2.45) is 0 Å². The normalized spacial score (nSPS) is 14.3. The van der Waals surface area contributed by atoms with Crippen LogP contribution in [-0.2, 0) is 10.8 Å². The van der Waals surface area contributed by atoms with Crippen molar-refractivity contribution in [3.8, 4) is 66.8 Å². The van der Waals surface area contributed by atoms with Gasteiger partial charge in [-0.15, -0.1) is 0 Å². The highest BCUT2D eigenvalue weighted by atomic mass is 14.5. The van der Waals surface area contributed by atoms with Crippen LogP contribution in [-0.4, -0.2) is 0 Å². The lowest BCUT2D eigenvalue weighted by Gasteiger charge is -2.31. The molecule has 64 heavy (non-hydrogen) atoms. The molecule has 3 aliphatic carbocycles. The minimum atomic E-state index is -0.418. The van der Waals surface area contributed by atoms with Crippen LogP contribution in [0.5, 0.6) is 0 Å². The van der Waals surface area contributed by atoms with Crippen LogP contribution in [0.3, 0.4) is 0 Å². The van der Waals surface area contributed by atoms with Crippen molar-refractivity contribution in [2.45, 2.75) is 24.7 Å². The van der Waals surface area contributed by atoms with Gasteiger partial charge in [-0.25, -0.2) is 0 Å². The van der Waals surface area contributed by atoms with E-state index in [9.17, 15) is 0 Å². The lowest BCUT2D eigenvalue weighted by atomic mass is 9.70. The van der Waals surface area contributed by atoms with Crippen molar-refractivity contribution in [1.29, 1.82) is 0 Å². The Morgan fingerprint density at radius 2 is 0.688 bits per heavy atom. The monoisotopic (exact) mass is 810 g/mol. The Morgan fingerprint density at radius 3 is 1.36 bits per heavy atom. The molecule has 0 N–H and O–H groups in total. The summed E-state index contributed by atoms with van der Waals surface area (Å²) in [5.41, 5.74) is 23.2. The molecule has 0 heteroatoms. The topological polar surface area (TPSA) is 0 Å². The molecular weight excluding hydrogens is 769 g/mol. The lowest BCUT2D eigenvalue weighted by Crippen LogP contribution is -2.25. The third kappa shape index (κ3) is 4.62. The first-order valence-electron chi connectivity index (χ1n) is 22.7. The van der Waals surface area contributed by atoms with Crippen LogP contribution < -0.4 is 0 Å². The van der Waals surface area contributed by atoms with Crippen molar-refractivity contribution in [3.63, 3.8) is 0 Å². The largest absolute Gasteiger partial charge is 0.0725 e. The van der Waals surface area contributed by atoms with Crippen molar-refractivity contribution in [2.75, 3.05) is 0 Å². The number of hydrogen-bond acceptors (Lipinski definition) is 0. The van der Waals surface area contributed by atoms with Crippen molar-refractivity contribution in [1.82, 2.24) is 0 Å². The average Bonchev–Trinajstić information content (AvgIpc) is 3.91. The van der Waals surface area contributed by atoms with Crippen LogP contribution in [0, 0.1) is 0 Å². The fraction of sp³-hybridized carbons (Fsp3) is 0.0625. The second-order valence-electron chi connectivity index (χ2n) is 18.7. The molecule has 0 aliphatic heterocycles. The second-order valence-corrected chi connectivity index (χ2v) is 18.7. The maximum Gasteiger partial charge on any atom is 0.0725 e. The Labute approximate surface area is 373 Å². The quantitative estimate of drug-likeness (QED) is 0.156. The summed E-state index contributed by atoms with van der Waals surface area (Å²) in [5.74, 6) is 0. The predicted molar refractivity (Wildman–Crippen MR) is 269 cm³/mol. The molecule has 11 aromatic rings. The summed E-state index contributed by atoms with van der Waals surface area (Å²) in [6, 6.07) is 83.0. The summed E-state index contributed by atoms with van der Waals surface area (Å²) < 4.78 is 0. The van der Waals surface area contributed by atoms with Crippen LogP contribution in [0.15, 0.2) is 218 Å². The van der Waals surface area contributed by atoms with Crippen LogP contribution >= 0.6 is 0 Å². The Hall–Kier alpha value is -7.80. The summed E-state index contributed by atoms with van der Waals surface area (Å²) >= 11 is 0. The maximum atomic E-state index is 2.56. The van der Waals surface area contributed by atoms with Gasteiger partial charge in [-0.2, -0.15) is 0 Å². The van der Waals surface area contributed by atoms with E-state index < -0.39 is 5.41 Å². The molecule has 0 heterocycles. The van der Waals surface area contributed by atoms with E-state index in [2.05, 4.69) is 232 Å². The first-order chi connectivity index (χ1) is 31.5. The van der Waals surface area contributed by atoms with Gasteiger partial charge >= 0.3 is 0 Å². The molecule has 11 aromatic carbocycles. The molecule has 3 aliphatic rings. The van der Waals surface area contributed by atoms with Crippen LogP contribution in [0.2, 0.25) is 0 Å². The van der Waals surface area contributed by atoms with Gasteiger partial charge in [0.1, 0.15) is 0 Å². The first-order valence-corrected chi connectivity index (χ1v) is 22.7. The van der Waals surface area contributed by atoms with Gasteiger partial charge in [0.05, 0.1) is 5.41 Å². The predicted octanol–water partition coefficient (Wildman–Crippen LogP) is 16.8. The van der Waals surface area contributed by atoms with E-state index in [1.807, 2.05) is 0 Å². The highest BCUT2D eigenvalue weighted by molar-refractivity contribution is 6.22. The molecule has 0 bridgehead atoms. The summed E-state index contributed by atoms with van der Waals surface area (Å²) in [7, 11) is 0. The van der Waals surface area contributed by atoms with Gasteiger partial charge in [-0.05, 0) is 157 Å². The van der Waals surface area contributed by atoms with E-state index in [0.29, 0.717) is 0 Å². The van der Waals surface area contributed by atoms with Crippen molar-refractivity contribution >= 4 is 32.3 Å². The molecule has 0 saturated carbocycles.